The Morgan fingerprint density at radius 2 is 1.36 bits per heavy atom. The molecule has 1 aliphatic rings. The Kier molecular flexibility index (Phi) is 9.43. The predicted octanol–water partition coefficient (Wildman–Crippen LogP) is 3.10. The highest BCUT2D eigenvalue weighted by atomic mass is 32.2. The molecule has 0 saturated carbocycles. The first kappa shape index (κ1) is 30.9. The largest absolute Gasteiger partial charge is 0.355 e. The quantitative estimate of drug-likeness (QED) is 0.219. The number of amides is 2. The number of nitrogens with zero attached hydrogens (tertiary/aromatic N) is 1. The van der Waals surface area contributed by atoms with Crippen molar-refractivity contribution < 1.29 is 26.4 Å². The first-order valence-corrected chi connectivity index (χ1v) is 16.9. The Hall–Kier alpha value is -4.52. The second-order valence-corrected chi connectivity index (χ2v) is 13.7. The van der Waals surface area contributed by atoms with Crippen LogP contribution in [0.1, 0.15) is 29.0 Å². The van der Waals surface area contributed by atoms with E-state index in [1.54, 1.807) is 30.3 Å². The van der Waals surface area contributed by atoms with Crippen LogP contribution in [0.4, 0.5) is 5.69 Å². The lowest BCUT2D eigenvalue weighted by Crippen LogP contribution is -2.48. The van der Waals surface area contributed by atoms with Gasteiger partial charge in [-0.2, -0.15) is 13.1 Å². The van der Waals surface area contributed by atoms with Gasteiger partial charge in [0.15, 0.2) is 0 Å². The maximum absolute atomic E-state index is 13.5. The van der Waals surface area contributed by atoms with Crippen LogP contribution < -0.4 is 19.1 Å². The van der Waals surface area contributed by atoms with Crippen LogP contribution in [0.25, 0.3) is 0 Å². The average molecular weight is 633 g/mol. The summed E-state index contributed by atoms with van der Waals surface area (Å²) in [5, 5.41) is 2.92. The second-order valence-electron chi connectivity index (χ2n) is 10.3. The van der Waals surface area contributed by atoms with Gasteiger partial charge in [0.2, 0.25) is 15.9 Å². The normalized spacial score (nSPS) is 15.1. The fraction of sp³-hybridized carbons (Fsp3) is 0.188. The molecule has 1 saturated heterocycles. The van der Waals surface area contributed by atoms with E-state index in [-0.39, 0.29) is 29.5 Å². The van der Waals surface area contributed by atoms with Crippen molar-refractivity contribution in [1.82, 2.24) is 14.8 Å². The Labute approximate surface area is 257 Å². The lowest BCUT2D eigenvalue weighted by Gasteiger charge is -2.22. The molecule has 0 bridgehead atoms. The number of nitrogens with one attached hydrogen (secondary N) is 3. The maximum atomic E-state index is 13.5. The Morgan fingerprint density at radius 3 is 1.89 bits per heavy atom. The van der Waals surface area contributed by atoms with E-state index in [4.69, 9.17) is 0 Å². The number of carbonyl (C=O) groups is 2. The molecule has 0 radical (unpaired) electrons. The van der Waals surface area contributed by atoms with Gasteiger partial charge in [-0.25, -0.2) is 17.4 Å². The molecule has 1 unspecified atom stereocenters. The molecular weight excluding hydrogens is 601 g/mol. The summed E-state index contributed by atoms with van der Waals surface area (Å²) in [7, 11) is -8.01. The Bertz CT molecular complexity index is 1760. The molecule has 0 spiro atoms. The van der Waals surface area contributed by atoms with Crippen LogP contribution in [-0.4, -0.2) is 47.8 Å². The summed E-state index contributed by atoms with van der Waals surface area (Å²) in [6, 6.07) is 32.8. The van der Waals surface area contributed by atoms with E-state index in [1.807, 2.05) is 65.4 Å². The fourth-order valence-corrected chi connectivity index (χ4v) is 7.48. The predicted molar refractivity (Wildman–Crippen MR) is 167 cm³/mol. The summed E-state index contributed by atoms with van der Waals surface area (Å²) in [5.74, 6) is -1.11. The lowest BCUT2D eigenvalue weighted by atomic mass is 9.88. The molecule has 2 amide bonds. The SMILES string of the molecule is O=C1CN(c2ccc(CC(NS(=O)(=O)c3ccccc3)C(=O)NCCC(c3ccccc3)c3ccccc3)cc2)S(=O)(=O)N1. The van der Waals surface area contributed by atoms with E-state index in [2.05, 4.69) is 10.0 Å². The molecule has 3 N–H and O–H groups in total. The molecule has 1 aliphatic heterocycles. The highest BCUT2D eigenvalue weighted by Crippen LogP contribution is 2.27. The molecule has 4 aromatic rings. The van der Waals surface area contributed by atoms with E-state index in [0.29, 0.717) is 18.5 Å². The highest BCUT2D eigenvalue weighted by Gasteiger charge is 2.34. The van der Waals surface area contributed by atoms with Crippen LogP contribution in [-0.2, 0) is 36.2 Å². The summed E-state index contributed by atoms with van der Waals surface area (Å²) in [6.07, 6.45) is 0.590. The minimum atomic E-state index is -4.04. The summed E-state index contributed by atoms with van der Waals surface area (Å²) in [5.41, 5.74) is 3.07. The molecular formula is C32H32N4O6S2. The van der Waals surface area contributed by atoms with Crippen molar-refractivity contribution >= 4 is 37.7 Å². The summed E-state index contributed by atoms with van der Waals surface area (Å²) in [6.45, 7) is -0.0415. The zero-order chi connectivity index (χ0) is 31.2. The molecule has 228 valence electrons. The molecule has 12 heteroatoms. The monoisotopic (exact) mass is 632 g/mol. The molecule has 4 aromatic carbocycles. The number of carbonyl (C=O) groups excluding carboxylic acids is 2. The van der Waals surface area contributed by atoms with Gasteiger partial charge < -0.3 is 5.32 Å². The van der Waals surface area contributed by atoms with Crippen LogP contribution in [0.15, 0.2) is 120 Å². The van der Waals surface area contributed by atoms with E-state index in [0.717, 1.165) is 15.4 Å². The van der Waals surface area contributed by atoms with Crippen LogP contribution in [0.5, 0.6) is 0 Å². The topological polar surface area (TPSA) is 142 Å². The standard InChI is InChI=1S/C32H32N4O6S2/c37-31-23-36(44(41,42)35-31)27-18-16-24(17-19-27)22-30(34-43(39,40)28-14-8-3-9-15-28)32(38)33-21-20-29(25-10-4-1-5-11-25)26-12-6-2-7-13-26/h1-19,29-30,34H,20-23H2,(H,33,38)(H,35,37). The zero-order valence-electron chi connectivity index (χ0n) is 23.7. The van der Waals surface area contributed by atoms with Crippen molar-refractivity contribution in [1.29, 1.82) is 0 Å². The van der Waals surface area contributed by atoms with Crippen molar-refractivity contribution in [3.63, 3.8) is 0 Å². The van der Waals surface area contributed by atoms with Gasteiger partial charge >= 0.3 is 10.2 Å². The summed E-state index contributed by atoms with van der Waals surface area (Å²) in [4.78, 5) is 25.2. The lowest BCUT2D eigenvalue weighted by molar-refractivity contribution is -0.122. The molecule has 0 aromatic heterocycles. The molecule has 1 atom stereocenters. The number of anilines is 1. The number of hydrogen-bond donors (Lipinski definition) is 3. The van der Waals surface area contributed by atoms with Crippen molar-refractivity contribution in [2.45, 2.75) is 29.7 Å². The van der Waals surface area contributed by atoms with E-state index in [1.165, 1.54) is 24.3 Å². The zero-order valence-corrected chi connectivity index (χ0v) is 25.3. The van der Waals surface area contributed by atoms with Crippen molar-refractivity contribution in [2.75, 3.05) is 17.4 Å². The second kappa shape index (κ2) is 13.4. The minimum absolute atomic E-state index is 0.00288. The van der Waals surface area contributed by atoms with Gasteiger partial charge in [-0.3, -0.25) is 9.59 Å². The average Bonchev–Trinajstić information content (AvgIpc) is 3.31. The molecule has 10 nitrogen and oxygen atoms in total. The molecule has 1 fully saturated rings. The minimum Gasteiger partial charge on any atom is -0.355 e. The van der Waals surface area contributed by atoms with Crippen LogP contribution in [0.3, 0.4) is 0 Å². The van der Waals surface area contributed by atoms with Gasteiger partial charge in [-0.15, -0.1) is 0 Å². The van der Waals surface area contributed by atoms with Crippen LogP contribution >= 0.6 is 0 Å². The molecule has 1 heterocycles. The maximum Gasteiger partial charge on any atom is 0.326 e. The van der Waals surface area contributed by atoms with Gasteiger partial charge in [-0.05, 0) is 53.8 Å². The third-order valence-corrected chi connectivity index (χ3v) is 10.2. The van der Waals surface area contributed by atoms with Crippen molar-refractivity contribution in [3.05, 3.63) is 132 Å². The number of sulfonamides is 1. The van der Waals surface area contributed by atoms with Crippen LogP contribution in [0.2, 0.25) is 0 Å². The van der Waals surface area contributed by atoms with Gasteiger partial charge in [0.1, 0.15) is 12.6 Å². The fourth-order valence-electron chi connectivity index (χ4n) is 5.11. The van der Waals surface area contributed by atoms with Gasteiger partial charge in [-0.1, -0.05) is 91.0 Å². The molecule has 44 heavy (non-hydrogen) atoms. The van der Waals surface area contributed by atoms with Crippen LogP contribution in [0, 0.1) is 0 Å². The van der Waals surface area contributed by atoms with Gasteiger partial charge in [0.25, 0.3) is 5.91 Å². The molecule has 5 rings (SSSR count). The Balaban J connectivity index is 1.33. The van der Waals surface area contributed by atoms with E-state index < -0.39 is 38.1 Å². The third kappa shape index (κ3) is 7.51. The van der Waals surface area contributed by atoms with E-state index >= 15 is 0 Å². The number of rotatable bonds is 12. The third-order valence-electron chi connectivity index (χ3n) is 7.29. The number of hydrogen-bond acceptors (Lipinski definition) is 6. The summed E-state index contributed by atoms with van der Waals surface area (Å²) < 4.78 is 56.3. The Morgan fingerprint density at radius 1 is 0.818 bits per heavy atom. The van der Waals surface area contributed by atoms with E-state index in [9.17, 15) is 26.4 Å². The number of benzene rings is 4. The first-order chi connectivity index (χ1) is 21.1. The van der Waals surface area contributed by atoms with Gasteiger partial charge in [0, 0.05) is 12.5 Å². The van der Waals surface area contributed by atoms with Gasteiger partial charge in [0.05, 0.1) is 10.6 Å². The van der Waals surface area contributed by atoms with Crippen molar-refractivity contribution in [3.8, 4) is 0 Å². The highest BCUT2D eigenvalue weighted by molar-refractivity contribution is 7.92. The smallest absolute Gasteiger partial charge is 0.326 e. The summed E-state index contributed by atoms with van der Waals surface area (Å²) >= 11 is 0. The van der Waals surface area contributed by atoms with Crippen molar-refractivity contribution in [2.24, 2.45) is 0 Å². The molecule has 0 aliphatic carbocycles. The first-order valence-electron chi connectivity index (χ1n) is 14.0.